The van der Waals surface area contributed by atoms with Crippen LogP contribution in [0, 0.1) is 5.41 Å². The zero-order valence-corrected chi connectivity index (χ0v) is 12.7. The smallest absolute Gasteiger partial charge is 0.148 e. The molecule has 0 bridgehead atoms. The van der Waals surface area contributed by atoms with E-state index in [9.17, 15) is 12.6 Å². The average Bonchev–Trinajstić information content (AvgIpc) is 2.48. The van der Waals surface area contributed by atoms with Crippen LogP contribution in [0.3, 0.4) is 0 Å². The van der Waals surface area contributed by atoms with E-state index in [4.69, 9.17) is 0 Å². The van der Waals surface area contributed by atoms with Crippen LogP contribution in [0.4, 0.5) is 0 Å². The number of sulfone groups is 1. The first-order valence-electron chi connectivity index (χ1n) is 5.89. The molecule has 3 atom stereocenters. The molecule has 0 aromatic carbocycles. The molecule has 4 nitrogen and oxygen atoms in total. The molecule has 0 heterocycles. The summed E-state index contributed by atoms with van der Waals surface area (Å²) in [5, 5.41) is 3.32. The molecule has 0 amide bonds. The number of hydrogen-bond donors (Lipinski definition) is 1. The lowest BCUT2D eigenvalue weighted by Gasteiger charge is -2.29. The van der Waals surface area contributed by atoms with Gasteiger partial charge in [-0.2, -0.15) is 0 Å². The maximum atomic E-state index is 12.2. The molecule has 0 aliphatic heterocycles. The first kappa shape index (κ1) is 15.1. The van der Waals surface area contributed by atoms with Gasteiger partial charge in [-0.15, -0.1) is 0 Å². The standard InChI is InChI=1S/C11H23NO3S2/c1-11(2)6-5-9(10(11)12-3)16(13)7-8-17(4,14)15/h9-10,12H,5-8H2,1-4H3. The second-order valence-corrected chi connectivity index (χ2v) is 9.58. The van der Waals surface area contributed by atoms with Crippen LogP contribution in [-0.4, -0.2) is 48.7 Å². The van der Waals surface area contributed by atoms with Gasteiger partial charge in [-0.3, -0.25) is 4.21 Å². The quantitative estimate of drug-likeness (QED) is 0.799. The van der Waals surface area contributed by atoms with Crippen molar-refractivity contribution in [3.63, 3.8) is 0 Å². The van der Waals surface area contributed by atoms with Crippen LogP contribution in [-0.2, 0) is 20.6 Å². The van der Waals surface area contributed by atoms with E-state index >= 15 is 0 Å². The van der Waals surface area contributed by atoms with E-state index in [1.165, 1.54) is 6.26 Å². The predicted molar refractivity (Wildman–Crippen MR) is 72.4 cm³/mol. The molecular weight excluding hydrogens is 258 g/mol. The van der Waals surface area contributed by atoms with Crippen LogP contribution in [0.25, 0.3) is 0 Å². The first-order chi connectivity index (χ1) is 7.67. The van der Waals surface area contributed by atoms with Crippen molar-refractivity contribution in [1.82, 2.24) is 5.32 Å². The average molecular weight is 281 g/mol. The van der Waals surface area contributed by atoms with Crippen molar-refractivity contribution in [2.45, 2.75) is 38.0 Å². The van der Waals surface area contributed by atoms with Gasteiger partial charge in [0, 0.05) is 28.9 Å². The van der Waals surface area contributed by atoms with Gasteiger partial charge in [0.2, 0.25) is 0 Å². The first-order valence-corrected chi connectivity index (χ1v) is 9.34. The van der Waals surface area contributed by atoms with Gasteiger partial charge in [0.1, 0.15) is 9.84 Å². The minimum atomic E-state index is -3.02. The summed E-state index contributed by atoms with van der Waals surface area (Å²) in [5.41, 5.74) is 0.139. The van der Waals surface area contributed by atoms with E-state index in [2.05, 4.69) is 19.2 Å². The zero-order chi connectivity index (χ0) is 13.3. The van der Waals surface area contributed by atoms with E-state index in [1.54, 1.807) is 0 Å². The summed E-state index contributed by atoms with van der Waals surface area (Å²) in [4.78, 5) is 0. The molecule has 102 valence electrons. The highest BCUT2D eigenvalue weighted by Gasteiger charge is 2.43. The SMILES string of the molecule is CNC1C(S(=O)CCS(C)(=O)=O)CCC1(C)C. The Bertz CT molecular complexity index is 390. The molecule has 0 radical (unpaired) electrons. The fourth-order valence-electron chi connectivity index (χ4n) is 2.58. The molecule has 3 unspecified atom stereocenters. The molecule has 6 heteroatoms. The molecule has 1 rings (SSSR count). The monoisotopic (exact) mass is 281 g/mol. The third-order valence-corrected chi connectivity index (χ3v) is 6.58. The normalized spacial score (nSPS) is 30.4. The van der Waals surface area contributed by atoms with Gasteiger partial charge in [0.05, 0.1) is 11.0 Å². The minimum absolute atomic E-state index is 0.0208. The molecular formula is C11H23NO3S2. The number of rotatable bonds is 5. The van der Waals surface area contributed by atoms with Gasteiger partial charge in [0.25, 0.3) is 0 Å². The highest BCUT2D eigenvalue weighted by Crippen LogP contribution is 2.39. The van der Waals surface area contributed by atoms with Crippen molar-refractivity contribution in [3.05, 3.63) is 0 Å². The lowest BCUT2D eigenvalue weighted by Crippen LogP contribution is -2.45. The van der Waals surface area contributed by atoms with Crippen LogP contribution in [0.1, 0.15) is 26.7 Å². The third kappa shape index (κ3) is 4.03. The number of hydrogen-bond acceptors (Lipinski definition) is 4. The lowest BCUT2D eigenvalue weighted by atomic mass is 9.87. The van der Waals surface area contributed by atoms with Crippen molar-refractivity contribution < 1.29 is 12.6 Å². The van der Waals surface area contributed by atoms with Crippen LogP contribution in [0.2, 0.25) is 0 Å². The maximum absolute atomic E-state index is 12.2. The van der Waals surface area contributed by atoms with E-state index in [0.717, 1.165) is 12.8 Å². The van der Waals surface area contributed by atoms with Crippen molar-refractivity contribution >= 4 is 20.6 Å². The topological polar surface area (TPSA) is 63.2 Å². The molecule has 0 spiro atoms. The summed E-state index contributed by atoms with van der Waals surface area (Å²) in [7, 11) is -2.19. The van der Waals surface area contributed by atoms with Gasteiger partial charge in [-0.1, -0.05) is 13.8 Å². The maximum Gasteiger partial charge on any atom is 0.148 e. The second-order valence-electron chi connectivity index (χ2n) is 5.55. The Morgan fingerprint density at radius 2 is 2.00 bits per heavy atom. The van der Waals surface area contributed by atoms with E-state index in [-0.39, 0.29) is 28.2 Å². The summed E-state index contributed by atoms with van der Waals surface area (Å²) < 4.78 is 34.3. The van der Waals surface area contributed by atoms with Crippen molar-refractivity contribution in [2.24, 2.45) is 5.41 Å². The van der Waals surface area contributed by atoms with Crippen LogP contribution in [0.5, 0.6) is 0 Å². The molecule has 1 saturated carbocycles. The van der Waals surface area contributed by atoms with Crippen LogP contribution >= 0.6 is 0 Å². The van der Waals surface area contributed by atoms with Crippen molar-refractivity contribution in [3.8, 4) is 0 Å². The van der Waals surface area contributed by atoms with E-state index < -0.39 is 20.6 Å². The summed E-state index contributed by atoms with van der Waals surface area (Å²) in [6, 6.07) is 0.211. The molecule has 0 aromatic heterocycles. The van der Waals surface area contributed by atoms with E-state index in [1.807, 2.05) is 7.05 Å². The van der Waals surface area contributed by atoms with Gasteiger partial charge in [0.15, 0.2) is 0 Å². The molecule has 1 N–H and O–H groups in total. The van der Waals surface area contributed by atoms with Crippen LogP contribution < -0.4 is 5.32 Å². The van der Waals surface area contributed by atoms with Crippen molar-refractivity contribution in [2.75, 3.05) is 24.8 Å². The van der Waals surface area contributed by atoms with Gasteiger partial charge < -0.3 is 5.32 Å². The summed E-state index contributed by atoms with van der Waals surface area (Å²) in [6.07, 6.45) is 3.14. The molecule has 17 heavy (non-hydrogen) atoms. The lowest BCUT2D eigenvalue weighted by molar-refractivity contribution is 0.299. The van der Waals surface area contributed by atoms with Gasteiger partial charge in [-0.05, 0) is 25.3 Å². The molecule has 1 fully saturated rings. The Hall–Kier alpha value is 0.0600. The number of nitrogens with one attached hydrogen (secondary N) is 1. The highest BCUT2D eigenvalue weighted by atomic mass is 32.2. The van der Waals surface area contributed by atoms with Crippen LogP contribution in [0.15, 0.2) is 0 Å². The Balaban J connectivity index is 2.65. The van der Waals surface area contributed by atoms with Gasteiger partial charge >= 0.3 is 0 Å². The molecule has 1 aliphatic rings. The highest BCUT2D eigenvalue weighted by molar-refractivity contribution is 7.92. The summed E-state index contributed by atoms with van der Waals surface area (Å²) in [5.74, 6) is 0.282. The summed E-state index contributed by atoms with van der Waals surface area (Å²) >= 11 is 0. The Morgan fingerprint density at radius 3 is 2.47 bits per heavy atom. The second kappa shape index (κ2) is 5.36. The minimum Gasteiger partial charge on any atom is -0.315 e. The fourth-order valence-corrected chi connectivity index (χ4v) is 5.94. The largest absolute Gasteiger partial charge is 0.315 e. The predicted octanol–water partition coefficient (Wildman–Crippen LogP) is 0.556. The molecule has 0 saturated heterocycles. The Kier molecular flexibility index (Phi) is 4.77. The third-order valence-electron chi connectivity index (χ3n) is 3.59. The summed E-state index contributed by atoms with van der Waals surface area (Å²) in [6.45, 7) is 4.34. The molecule has 1 aliphatic carbocycles. The Morgan fingerprint density at radius 1 is 1.41 bits per heavy atom. The Labute approximate surface area is 107 Å². The van der Waals surface area contributed by atoms with E-state index in [0.29, 0.717) is 0 Å². The molecule has 0 aromatic rings. The van der Waals surface area contributed by atoms with Gasteiger partial charge in [-0.25, -0.2) is 8.42 Å². The zero-order valence-electron chi connectivity index (χ0n) is 11.0. The fraction of sp³-hybridized carbons (Fsp3) is 1.00. The van der Waals surface area contributed by atoms with Crippen molar-refractivity contribution in [1.29, 1.82) is 0 Å².